The first-order valence-electron chi connectivity index (χ1n) is 8.74. The monoisotopic (exact) mass is 462 g/mol. The molecule has 0 spiro atoms. The summed E-state index contributed by atoms with van der Waals surface area (Å²) in [6.07, 6.45) is 1.47. The third-order valence-corrected chi connectivity index (χ3v) is 7.17. The van der Waals surface area contributed by atoms with E-state index >= 15 is 0 Å². The Morgan fingerprint density at radius 3 is 2.55 bits per heavy atom. The summed E-state index contributed by atoms with van der Waals surface area (Å²) in [5.41, 5.74) is -0.206. The number of benzene rings is 2. The average molecular weight is 463 g/mol. The molecule has 0 bridgehead atoms. The van der Waals surface area contributed by atoms with Crippen molar-refractivity contribution in [3.05, 3.63) is 64.5 Å². The Hall–Kier alpha value is -3.29. The normalized spacial score (nSPS) is 11.5. The van der Waals surface area contributed by atoms with Gasteiger partial charge in [0, 0.05) is 32.8 Å². The first-order valence-corrected chi connectivity index (χ1v) is 11.0. The molecule has 0 atom stereocenters. The minimum absolute atomic E-state index is 0.00562. The number of anilines is 1. The lowest BCUT2D eigenvalue weighted by Crippen LogP contribution is -2.24. The summed E-state index contributed by atoms with van der Waals surface area (Å²) >= 11 is 1.04. The molecule has 11 nitrogen and oxygen atoms in total. The zero-order valence-corrected chi connectivity index (χ0v) is 18.3. The van der Waals surface area contributed by atoms with Crippen molar-refractivity contribution in [2.24, 2.45) is 7.05 Å². The molecule has 13 heteroatoms. The molecule has 0 saturated heterocycles. The molecular weight excluding hydrogens is 444 g/mol. The second kappa shape index (κ2) is 8.83. The number of sulfonamides is 1. The lowest BCUT2D eigenvalue weighted by atomic mass is 10.2. The first kappa shape index (κ1) is 22.4. The van der Waals surface area contributed by atoms with Gasteiger partial charge in [-0.1, -0.05) is 12.1 Å². The smallest absolute Gasteiger partial charge is 0.284 e. The maximum Gasteiger partial charge on any atom is 0.284 e. The van der Waals surface area contributed by atoms with Crippen LogP contribution in [0.25, 0.3) is 0 Å². The molecule has 3 aromatic rings. The van der Waals surface area contributed by atoms with Gasteiger partial charge in [0.1, 0.15) is 11.2 Å². The van der Waals surface area contributed by atoms with E-state index in [0.29, 0.717) is 5.16 Å². The van der Waals surface area contributed by atoms with Crippen molar-refractivity contribution in [2.45, 2.75) is 14.9 Å². The van der Waals surface area contributed by atoms with Gasteiger partial charge in [0.05, 0.1) is 15.5 Å². The van der Waals surface area contributed by atoms with E-state index in [1.165, 1.54) is 50.8 Å². The third-order valence-electron chi connectivity index (χ3n) is 4.18. The molecule has 0 radical (unpaired) electrons. The summed E-state index contributed by atoms with van der Waals surface area (Å²) in [4.78, 5) is 23.9. The van der Waals surface area contributed by atoms with Crippen LogP contribution in [0.15, 0.2) is 63.7 Å². The predicted octanol–water partition coefficient (Wildman–Crippen LogP) is 2.38. The number of nitrogens with zero attached hydrogens (tertiary/aromatic N) is 5. The third kappa shape index (κ3) is 4.73. The van der Waals surface area contributed by atoms with Crippen molar-refractivity contribution in [3.63, 3.8) is 0 Å². The molecule has 2 aromatic carbocycles. The SMILES string of the molecule is CN(C)S(=O)(=O)c1ccccc1NC(=O)c1ccc(Sc2nncn2C)c([N+](=O)[O-])c1. The first-order chi connectivity index (χ1) is 14.6. The van der Waals surface area contributed by atoms with Gasteiger partial charge in [-0.05, 0) is 36.0 Å². The van der Waals surface area contributed by atoms with Crippen LogP contribution in [0.4, 0.5) is 11.4 Å². The lowest BCUT2D eigenvalue weighted by molar-refractivity contribution is -0.387. The highest BCUT2D eigenvalue weighted by Crippen LogP contribution is 2.34. The van der Waals surface area contributed by atoms with Gasteiger partial charge in [-0.3, -0.25) is 14.9 Å². The van der Waals surface area contributed by atoms with Crippen molar-refractivity contribution in [1.29, 1.82) is 0 Å². The number of nitro benzene ring substituents is 1. The Morgan fingerprint density at radius 2 is 1.94 bits per heavy atom. The minimum Gasteiger partial charge on any atom is -0.321 e. The van der Waals surface area contributed by atoms with Gasteiger partial charge in [-0.15, -0.1) is 10.2 Å². The van der Waals surface area contributed by atoms with Crippen molar-refractivity contribution in [2.75, 3.05) is 19.4 Å². The highest BCUT2D eigenvalue weighted by Gasteiger charge is 2.24. The number of carbonyl (C=O) groups excluding carboxylic acids is 1. The molecule has 0 aliphatic heterocycles. The summed E-state index contributed by atoms with van der Waals surface area (Å²) in [7, 11) is 0.658. The van der Waals surface area contributed by atoms with Gasteiger partial charge in [-0.2, -0.15) is 0 Å². The van der Waals surface area contributed by atoms with Crippen molar-refractivity contribution < 1.29 is 18.1 Å². The van der Waals surface area contributed by atoms with Crippen LogP contribution in [0.1, 0.15) is 10.4 Å². The minimum atomic E-state index is -3.80. The van der Waals surface area contributed by atoms with Gasteiger partial charge >= 0.3 is 0 Å². The Morgan fingerprint density at radius 1 is 1.23 bits per heavy atom. The van der Waals surface area contributed by atoms with Gasteiger partial charge < -0.3 is 9.88 Å². The van der Waals surface area contributed by atoms with E-state index in [1.54, 1.807) is 17.7 Å². The number of para-hydroxylation sites is 1. The molecule has 1 aromatic heterocycles. The van der Waals surface area contributed by atoms with E-state index in [0.717, 1.165) is 22.1 Å². The van der Waals surface area contributed by atoms with Crippen molar-refractivity contribution in [3.8, 4) is 0 Å². The quantitative estimate of drug-likeness (QED) is 0.417. The number of aromatic nitrogens is 3. The lowest BCUT2D eigenvalue weighted by Gasteiger charge is -2.15. The molecule has 0 fully saturated rings. The zero-order chi connectivity index (χ0) is 22.8. The van der Waals surface area contributed by atoms with Crippen LogP contribution >= 0.6 is 11.8 Å². The summed E-state index contributed by atoms with van der Waals surface area (Å²) in [5.74, 6) is -0.681. The van der Waals surface area contributed by atoms with Crippen LogP contribution in [0.3, 0.4) is 0 Å². The van der Waals surface area contributed by atoms with Crippen LogP contribution in [-0.2, 0) is 17.1 Å². The molecule has 0 unspecified atom stereocenters. The van der Waals surface area contributed by atoms with E-state index in [-0.39, 0.29) is 26.7 Å². The fraction of sp³-hybridized carbons (Fsp3) is 0.167. The molecule has 162 valence electrons. The number of hydrogen-bond donors (Lipinski definition) is 1. The Bertz CT molecular complexity index is 1260. The molecule has 0 saturated carbocycles. The number of rotatable bonds is 7. The second-order valence-corrected chi connectivity index (χ2v) is 9.63. The van der Waals surface area contributed by atoms with Crippen LogP contribution in [0, 0.1) is 10.1 Å². The fourth-order valence-corrected chi connectivity index (χ4v) is 4.43. The van der Waals surface area contributed by atoms with Crippen molar-refractivity contribution >= 4 is 39.1 Å². The van der Waals surface area contributed by atoms with Gasteiger partial charge in [-0.25, -0.2) is 12.7 Å². The largest absolute Gasteiger partial charge is 0.321 e. The number of amides is 1. The fourth-order valence-electron chi connectivity index (χ4n) is 2.54. The van der Waals surface area contributed by atoms with E-state index in [2.05, 4.69) is 15.5 Å². The number of nitro groups is 1. The predicted molar refractivity (Wildman–Crippen MR) is 113 cm³/mol. The molecule has 1 amide bonds. The number of aryl methyl sites for hydroxylation is 1. The molecule has 31 heavy (non-hydrogen) atoms. The van der Waals surface area contributed by atoms with Crippen LogP contribution in [-0.4, -0.2) is 52.4 Å². The van der Waals surface area contributed by atoms with E-state index in [9.17, 15) is 23.3 Å². The summed E-state index contributed by atoms with van der Waals surface area (Å²) < 4.78 is 27.7. The molecule has 1 heterocycles. The van der Waals surface area contributed by atoms with E-state index in [4.69, 9.17) is 0 Å². The van der Waals surface area contributed by atoms with E-state index in [1.807, 2.05) is 0 Å². The topological polar surface area (TPSA) is 140 Å². The number of nitrogens with one attached hydrogen (secondary N) is 1. The Balaban J connectivity index is 1.93. The van der Waals surface area contributed by atoms with Gasteiger partial charge in [0.25, 0.3) is 11.6 Å². The van der Waals surface area contributed by atoms with E-state index < -0.39 is 20.9 Å². The summed E-state index contributed by atoms with van der Waals surface area (Å²) in [5, 5.41) is 22.2. The molecule has 0 aliphatic carbocycles. The van der Waals surface area contributed by atoms with Crippen LogP contribution in [0.5, 0.6) is 0 Å². The molecule has 1 N–H and O–H groups in total. The standard InChI is InChI=1S/C18H18N6O5S2/c1-22(2)31(28,29)16-7-5-4-6-13(16)20-17(25)12-8-9-15(14(10-12)24(26)27)30-18-21-19-11-23(18)3/h4-11H,1-3H3,(H,20,25). The van der Waals surface area contributed by atoms with Gasteiger partial charge in [0.15, 0.2) is 5.16 Å². The Kier molecular flexibility index (Phi) is 6.38. The maximum atomic E-state index is 12.7. The summed E-state index contributed by atoms with van der Waals surface area (Å²) in [6.45, 7) is 0. The number of carbonyl (C=O) groups is 1. The highest BCUT2D eigenvalue weighted by molar-refractivity contribution is 7.99. The Labute approximate surface area is 182 Å². The number of hydrogen-bond acceptors (Lipinski definition) is 8. The molecule has 0 aliphatic rings. The van der Waals surface area contributed by atoms with Gasteiger partial charge in [0.2, 0.25) is 10.0 Å². The maximum absolute atomic E-state index is 12.7. The second-order valence-electron chi connectivity index (χ2n) is 6.50. The van der Waals surface area contributed by atoms with Crippen LogP contribution in [0.2, 0.25) is 0 Å². The molecule has 3 rings (SSSR count). The average Bonchev–Trinajstić information content (AvgIpc) is 3.12. The summed E-state index contributed by atoms with van der Waals surface area (Å²) in [6, 6.07) is 9.92. The highest BCUT2D eigenvalue weighted by atomic mass is 32.2. The van der Waals surface area contributed by atoms with Crippen LogP contribution < -0.4 is 5.32 Å². The van der Waals surface area contributed by atoms with Crippen molar-refractivity contribution in [1.82, 2.24) is 19.1 Å². The zero-order valence-electron chi connectivity index (χ0n) is 16.7. The molecular formula is C18H18N6O5S2.